The van der Waals surface area contributed by atoms with Gasteiger partial charge in [0.05, 0.1) is 6.61 Å². The van der Waals surface area contributed by atoms with Crippen LogP contribution in [0.3, 0.4) is 0 Å². The zero-order chi connectivity index (χ0) is 17.3. The van der Waals surface area contributed by atoms with E-state index in [1.165, 1.54) is 0 Å². The number of halogens is 3. The van der Waals surface area contributed by atoms with Gasteiger partial charge in [-0.1, -0.05) is 6.92 Å². The highest BCUT2D eigenvalue weighted by Gasteiger charge is 2.70. The molecule has 136 valence electrons. The van der Waals surface area contributed by atoms with Gasteiger partial charge in [-0.05, 0) is 32.1 Å². The summed E-state index contributed by atoms with van der Waals surface area (Å²) in [5.41, 5.74) is -1.30. The van der Waals surface area contributed by atoms with E-state index in [-0.39, 0.29) is 17.4 Å². The normalized spacial score (nSPS) is 47.9. The van der Waals surface area contributed by atoms with Gasteiger partial charge in [0.2, 0.25) is 17.8 Å². The molecule has 6 atom stereocenters. The van der Waals surface area contributed by atoms with E-state index in [9.17, 15) is 18.3 Å². The van der Waals surface area contributed by atoms with Crippen molar-refractivity contribution in [1.29, 1.82) is 0 Å². The molecule has 0 aromatic carbocycles. The lowest BCUT2D eigenvalue weighted by Crippen LogP contribution is -2.67. The van der Waals surface area contributed by atoms with Crippen LogP contribution in [-0.2, 0) is 19.2 Å². The maximum atomic E-state index is 13.5. The Morgan fingerprint density at radius 3 is 2.62 bits per heavy atom. The minimum atomic E-state index is -4.69. The lowest BCUT2D eigenvalue weighted by atomic mass is 9.59. The van der Waals surface area contributed by atoms with Gasteiger partial charge in [0.15, 0.2) is 5.60 Å². The molecule has 1 spiro atoms. The van der Waals surface area contributed by atoms with Crippen LogP contribution in [0.15, 0.2) is 11.3 Å². The fourth-order valence-electron chi connectivity index (χ4n) is 4.92. The monoisotopic (exact) mass is 350 g/mol. The molecule has 1 aliphatic carbocycles. The number of fused-ring (bicyclic) bond motifs is 2. The number of aliphatic hydroxyl groups is 1. The molecule has 0 radical (unpaired) electrons. The fourth-order valence-corrected chi connectivity index (χ4v) is 4.92. The zero-order valence-corrected chi connectivity index (χ0v) is 13.6. The molecule has 2 bridgehead atoms. The van der Waals surface area contributed by atoms with Crippen molar-refractivity contribution in [3.8, 4) is 0 Å². The molecule has 4 fully saturated rings. The van der Waals surface area contributed by atoms with Crippen LogP contribution in [0.2, 0.25) is 0 Å². The first kappa shape index (κ1) is 16.6. The van der Waals surface area contributed by atoms with E-state index in [1.807, 2.05) is 0 Å². The van der Waals surface area contributed by atoms with Crippen LogP contribution in [0.5, 0.6) is 0 Å². The molecule has 0 aromatic heterocycles. The minimum absolute atomic E-state index is 0.0538. The summed E-state index contributed by atoms with van der Waals surface area (Å²) in [6, 6.07) is 0. The molecule has 5 aliphatic rings. The summed E-state index contributed by atoms with van der Waals surface area (Å²) in [5.74, 6) is -2.71. The van der Waals surface area contributed by atoms with Gasteiger partial charge in [-0.3, -0.25) is 0 Å². The third-order valence-electron chi connectivity index (χ3n) is 6.08. The maximum Gasteiger partial charge on any atom is 0.449 e. The molecule has 0 aromatic rings. The van der Waals surface area contributed by atoms with Crippen molar-refractivity contribution < 1.29 is 37.5 Å². The van der Waals surface area contributed by atoms with Crippen LogP contribution in [0, 0.1) is 17.8 Å². The van der Waals surface area contributed by atoms with Gasteiger partial charge in [-0.2, -0.15) is 13.2 Å². The van der Waals surface area contributed by atoms with Gasteiger partial charge in [0, 0.05) is 23.8 Å². The lowest BCUT2D eigenvalue weighted by molar-refractivity contribution is -0.557. The van der Waals surface area contributed by atoms with E-state index in [2.05, 4.69) is 6.92 Å². The van der Waals surface area contributed by atoms with Gasteiger partial charge in [-0.15, -0.1) is 0 Å². The lowest BCUT2D eigenvalue weighted by Gasteiger charge is -2.57. The largest absolute Gasteiger partial charge is 0.456 e. The summed E-state index contributed by atoms with van der Waals surface area (Å²) in [6.07, 6.45) is -3.41. The summed E-state index contributed by atoms with van der Waals surface area (Å²) in [5, 5.41) is 9.66. The van der Waals surface area contributed by atoms with Crippen LogP contribution in [0.4, 0.5) is 13.2 Å². The molecule has 5 nitrogen and oxygen atoms in total. The second kappa shape index (κ2) is 5.09. The minimum Gasteiger partial charge on any atom is -0.456 e. The predicted octanol–water partition coefficient (Wildman–Crippen LogP) is 3.04. The van der Waals surface area contributed by atoms with E-state index in [4.69, 9.17) is 19.2 Å². The highest BCUT2D eigenvalue weighted by Crippen LogP contribution is 2.61. The van der Waals surface area contributed by atoms with Gasteiger partial charge < -0.3 is 14.6 Å². The first-order valence-electron chi connectivity index (χ1n) is 8.33. The highest BCUT2D eigenvalue weighted by molar-refractivity contribution is 5.28. The quantitative estimate of drug-likeness (QED) is 0.737. The Hall–Kier alpha value is -0.830. The van der Waals surface area contributed by atoms with Crippen LogP contribution < -0.4 is 0 Å². The summed E-state index contributed by atoms with van der Waals surface area (Å²) in [6.45, 7) is 2.99. The van der Waals surface area contributed by atoms with E-state index in [0.717, 1.165) is 6.42 Å². The van der Waals surface area contributed by atoms with Gasteiger partial charge >= 0.3 is 6.18 Å². The Morgan fingerprint density at radius 1 is 1.21 bits per heavy atom. The first-order valence-corrected chi connectivity index (χ1v) is 8.33. The van der Waals surface area contributed by atoms with Crippen LogP contribution >= 0.6 is 0 Å². The number of rotatable bonds is 1. The van der Waals surface area contributed by atoms with E-state index in [1.54, 1.807) is 6.92 Å². The van der Waals surface area contributed by atoms with Gasteiger partial charge in [-0.25, -0.2) is 9.78 Å². The summed E-state index contributed by atoms with van der Waals surface area (Å²) in [7, 11) is 0. The highest BCUT2D eigenvalue weighted by atomic mass is 19.4. The zero-order valence-electron chi connectivity index (χ0n) is 13.6. The fraction of sp³-hybridized carbons (Fsp3) is 0.875. The third-order valence-corrected chi connectivity index (χ3v) is 6.08. The molecule has 1 saturated carbocycles. The summed E-state index contributed by atoms with van der Waals surface area (Å²) >= 11 is 0. The molecular weight excluding hydrogens is 329 g/mol. The topological polar surface area (TPSA) is 57.2 Å². The molecule has 0 amide bonds. The number of allylic oxidation sites excluding steroid dienone is 1. The summed E-state index contributed by atoms with van der Waals surface area (Å²) in [4.78, 5) is 11.2. The second-order valence-electron chi connectivity index (χ2n) is 7.48. The van der Waals surface area contributed by atoms with Crippen molar-refractivity contribution in [3.63, 3.8) is 0 Å². The average molecular weight is 350 g/mol. The second-order valence-corrected chi connectivity index (χ2v) is 7.48. The Bertz CT molecular complexity index is 577. The smallest absolute Gasteiger partial charge is 0.449 e. The number of hydrogen-bond donors (Lipinski definition) is 1. The average Bonchev–Trinajstić information content (AvgIpc) is 2.74. The number of ether oxygens (including phenoxy) is 2. The molecular formula is C16H21F3O5. The van der Waals surface area contributed by atoms with Crippen LogP contribution in [0.25, 0.3) is 0 Å². The standard InChI is InChI=1S/C16H21F3O5/c1-8-3-4-11-9(7-20)12(16(17,18)19)21-13-15(11)10(8)5-6-14(2,22-13)23-24-15/h8,10-11,13,20H,3-7H2,1-2H3/t8-,10?,11?,13-,14-,15-/m1/s1. The SMILES string of the molecule is C[C@@H]1CCC2C(CO)=C(C(F)(F)F)O[C@@H]3O[C@@]4(C)CCC1[C@@]23OO4. The van der Waals surface area contributed by atoms with E-state index >= 15 is 0 Å². The Morgan fingerprint density at radius 2 is 1.96 bits per heavy atom. The first-order chi connectivity index (χ1) is 11.2. The van der Waals surface area contributed by atoms with Crippen molar-refractivity contribution in [2.24, 2.45) is 17.8 Å². The van der Waals surface area contributed by atoms with Crippen molar-refractivity contribution in [1.82, 2.24) is 0 Å². The third kappa shape index (κ3) is 2.09. The molecule has 3 saturated heterocycles. The van der Waals surface area contributed by atoms with E-state index in [0.29, 0.717) is 19.3 Å². The summed E-state index contributed by atoms with van der Waals surface area (Å²) < 4.78 is 51.5. The van der Waals surface area contributed by atoms with E-state index < -0.39 is 42.1 Å². The Balaban J connectivity index is 1.88. The van der Waals surface area contributed by atoms with Gasteiger partial charge in [0.25, 0.3) is 0 Å². The molecule has 2 unspecified atom stereocenters. The van der Waals surface area contributed by atoms with Crippen molar-refractivity contribution in [2.45, 2.75) is 63.4 Å². The number of aliphatic hydroxyl groups excluding tert-OH is 1. The van der Waals surface area contributed by atoms with Crippen molar-refractivity contribution >= 4 is 0 Å². The molecule has 8 heteroatoms. The molecule has 4 heterocycles. The molecule has 5 rings (SSSR count). The van der Waals surface area contributed by atoms with Crippen molar-refractivity contribution in [2.75, 3.05) is 6.61 Å². The Labute approximate surface area is 137 Å². The molecule has 24 heavy (non-hydrogen) atoms. The number of alkyl halides is 3. The van der Waals surface area contributed by atoms with Crippen LogP contribution in [-0.4, -0.2) is 35.6 Å². The maximum absolute atomic E-state index is 13.5. The molecule has 4 aliphatic heterocycles. The van der Waals surface area contributed by atoms with Gasteiger partial charge in [0.1, 0.15) is 0 Å². The van der Waals surface area contributed by atoms with Crippen molar-refractivity contribution in [3.05, 3.63) is 11.3 Å². The van der Waals surface area contributed by atoms with Crippen LogP contribution in [0.1, 0.15) is 39.5 Å². The molecule has 1 N–H and O–H groups in total. The predicted molar refractivity (Wildman–Crippen MR) is 74.0 cm³/mol. The number of hydrogen-bond acceptors (Lipinski definition) is 5. The Kier molecular flexibility index (Phi) is 3.53.